The van der Waals surface area contributed by atoms with Crippen molar-refractivity contribution in [2.75, 3.05) is 11.8 Å². The van der Waals surface area contributed by atoms with Gasteiger partial charge in [0, 0.05) is 17.7 Å². The second kappa shape index (κ2) is 5.23. The highest BCUT2D eigenvalue weighted by atomic mass is 35.5. The van der Waals surface area contributed by atoms with E-state index in [0.717, 1.165) is 12.8 Å². The first-order valence-electron chi connectivity index (χ1n) is 7.11. The lowest BCUT2D eigenvalue weighted by Crippen LogP contribution is -2.50. The summed E-state index contributed by atoms with van der Waals surface area (Å²) in [6, 6.07) is 8.49. The molecule has 1 fully saturated rings. The van der Waals surface area contributed by atoms with Crippen molar-refractivity contribution in [3.05, 3.63) is 35.4 Å². The molecule has 1 saturated carbocycles. The van der Waals surface area contributed by atoms with Gasteiger partial charge >= 0.3 is 0 Å². The Balaban J connectivity index is 1.74. The fourth-order valence-corrected chi connectivity index (χ4v) is 3.83. The van der Waals surface area contributed by atoms with Gasteiger partial charge in [0.2, 0.25) is 5.91 Å². The van der Waals surface area contributed by atoms with Crippen molar-refractivity contribution < 1.29 is 4.79 Å². The highest BCUT2D eigenvalue weighted by Crippen LogP contribution is 2.59. The van der Waals surface area contributed by atoms with Gasteiger partial charge in [0.1, 0.15) is 0 Å². The molecule has 1 aromatic carbocycles. The van der Waals surface area contributed by atoms with Crippen LogP contribution in [0.5, 0.6) is 0 Å². The van der Waals surface area contributed by atoms with Crippen LogP contribution < -0.4 is 5.32 Å². The zero-order valence-electron chi connectivity index (χ0n) is 11.5. The largest absolute Gasteiger partial charge is 0.348 e. The van der Waals surface area contributed by atoms with Crippen LogP contribution in [0.15, 0.2) is 24.3 Å². The summed E-state index contributed by atoms with van der Waals surface area (Å²) < 4.78 is 0. The van der Waals surface area contributed by atoms with Crippen LogP contribution in [-0.4, -0.2) is 23.2 Å². The number of benzene rings is 1. The number of alkyl halides is 2. The number of amides is 1. The van der Waals surface area contributed by atoms with Gasteiger partial charge in [-0.2, -0.15) is 0 Å². The molecule has 108 valence electrons. The van der Waals surface area contributed by atoms with Gasteiger partial charge in [0.05, 0.1) is 5.54 Å². The third-order valence-corrected chi connectivity index (χ3v) is 5.83. The van der Waals surface area contributed by atoms with Crippen LogP contribution in [0, 0.1) is 11.8 Å². The number of fused-ring (bicyclic) bond motifs is 3. The number of carbonyl (C=O) groups is 1. The Bertz CT molecular complexity index is 527. The summed E-state index contributed by atoms with van der Waals surface area (Å²) in [4.78, 5) is 12.5. The van der Waals surface area contributed by atoms with E-state index < -0.39 is 5.54 Å². The van der Waals surface area contributed by atoms with E-state index in [4.69, 9.17) is 23.2 Å². The summed E-state index contributed by atoms with van der Waals surface area (Å²) in [5.74, 6) is 1.78. The Morgan fingerprint density at radius 2 is 2.05 bits per heavy atom. The maximum atomic E-state index is 12.5. The molecule has 2 aliphatic carbocycles. The molecule has 0 bridgehead atoms. The van der Waals surface area contributed by atoms with E-state index >= 15 is 0 Å². The molecule has 0 spiro atoms. The number of nitrogens with one attached hydrogen (secondary N) is 1. The third-order valence-electron chi connectivity index (χ3n) is 4.65. The fraction of sp³-hybridized carbons (Fsp3) is 0.562. The van der Waals surface area contributed by atoms with Crippen molar-refractivity contribution in [3.8, 4) is 0 Å². The second-order valence-corrected chi connectivity index (χ2v) is 6.80. The average molecular weight is 312 g/mol. The minimum absolute atomic E-state index is 0.101. The first-order valence-corrected chi connectivity index (χ1v) is 8.18. The van der Waals surface area contributed by atoms with E-state index in [9.17, 15) is 4.79 Å². The SMILES string of the molecule is CC(CCl)(CCl)NC(=O)C1C2CCc3ccccc3C21. The number of hydrogen-bond donors (Lipinski definition) is 1. The molecule has 3 unspecified atom stereocenters. The zero-order valence-corrected chi connectivity index (χ0v) is 13.0. The van der Waals surface area contributed by atoms with E-state index in [-0.39, 0.29) is 11.8 Å². The van der Waals surface area contributed by atoms with Gasteiger partial charge < -0.3 is 5.32 Å². The van der Waals surface area contributed by atoms with Crippen LogP contribution in [0.2, 0.25) is 0 Å². The zero-order chi connectivity index (χ0) is 14.3. The Kier molecular flexibility index (Phi) is 3.72. The summed E-state index contributed by atoms with van der Waals surface area (Å²) in [5.41, 5.74) is 2.26. The quantitative estimate of drug-likeness (QED) is 0.849. The Morgan fingerprint density at radius 1 is 1.35 bits per heavy atom. The first-order chi connectivity index (χ1) is 9.59. The number of hydrogen-bond acceptors (Lipinski definition) is 1. The molecule has 1 amide bonds. The van der Waals surface area contributed by atoms with Crippen LogP contribution in [0.1, 0.15) is 30.4 Å². The molecule has 0 heterocycles. The summed E-state index contributed by atoms with van der Waals surface area (Å²) in [6.45, 7) is 1.89. The molecule has 3 atom stereocenters. The Labute approximate surface area is 129 Å². The highest BCUT2D eigenvalue weighted by Gasteiger charge is 2.57. The minimum atomic E-state index is -0.508. The van der Waals surface area contributed by atoms with Crippen LogP contribution in [-0.2, 0) is 11.2 Å². The molecule has 1 aromatic rings. The van der Waals surface area contributed by atoms with E-state index in [1.54, 1.807) is 0 Å². The predicted molar refractivity (Wildman–Crippen MR) is 82.5 cm³/mol. The van der Waals surface area contributed by atoms with Crippen LogP contribution in [0.25, 0.3) is 0 Å². The van der Waals surface area contributed by atoms with Gasteiger partial charge in [-0.3, -0.25) is 4.79 Å². The molecule has 4 heteroatoms. The molecular formula is C16H19Cl2NO. The minimum Gasteiger partial charge on any atom is -0.348 e. The molecule has 1 N–H and O–H groups in total. The Morgan fingerprint density at radius 3 is 2.75 bits per heavy atom. The molecular weight excluding hydrogens is 293 g/mol. The highest BCUT2D eigenvalue weighted by molar-refractivity contribution is 6.22. The molecule has 2 nitrogen and oxygen atoms in total. The first kappa shape index (κ1) is 14.2. The van der Waals surface area contributed by atoms with Gasteiger partial charge in [-0.25, -0.2) is 0 Å². The van der Waals surface area contributed by atoms with Crippen molar-refractivity contribution >= 4 is 29.1 Å². The van der Waals surface area contributed by atoms with E-state index in [2.05, 4.69) is 29.6 Å². The van der Waals surface area contributed by atoms with Crippen LogP contribution >= 0.6 is 23.2 Å². The lowest BCUT2D eigenvalue weighted by atomic mass is 9.92. The molecule has 0 aliphatic heterocycles. The fourth-order valence-electron chi connectivity index (χ4n) is 3.41. The van der Waals surface area contributed by atoms with E-state index in [0.29, 0.717) is 23.6 Å². The molecule has 20 heavy (non-hydrogen) atoms. The summed E-state index contributed by atoms with van der Waals surface area (Å²) in [7, 11) is 0. The van der Waals surface area contributed by atoms with Crippen molar-refractivity contribution in [2.24, 2.45) is 11.8 Å². The maximum absolute atomic E-state index is 12.5. The third kappa shape index (κ3) is 2.33. The van der Waals surface area contributed by atoms with E-state index in [1.807, 2.05) is 6.92 Å². The standard InChI is InChI=1S/C16H19Cl2NO/c1-16(8-17,9-18)19-15(20)14-12-7-6-10-4-2-3-5-11(10)13(12)14/h2-5,12-14H,6-9H2,1H3,(H,19,20). The van der Waals surface area contributed by atoms with Crippen LogP contribution in [0.3, 0.4) is 0 Å². The van der Waals surface area contributed by atoms with Crippen molar-refractivity contribution in [2.45, 2.75) is 31.2 Å². The van der Waals surface area contributed by atoms with E-state index in [1.165, 1.54) is 11.1 Å². The normalized spacial score (nSPS) is 27.4. The van der Waals surface area contributed by atoms with Gasteiger partial charge in [-0.15, -0.1) is 23.2 Å². The number of halogens is 2. The molecule has 0 aromatic heterocycles. The van der Waals surface area contributed by atoms with Gasteiger partial charge in [0.15, 0.2) is 0 Å². The number of aryl methyl sites for hydroxylation is 1. The van der Waals surface area contributed by atoms with Gasteiger partial charge in [-0.05, 0) is 42.7 Å². The smallest absolute Gasteiger partial charge is 0.224 e. The van der Waals surface area contributed by atoms with Gasteiger partial charge in [0.25, 0.3) is 0 Å². The summed E-state index contributed by atoms with van der Waals surface area (Å²) in [5, 5.41) is 3.04. The monoisotopic (exact) mass is 311 g/mol. The van der Waals surface area contributed by atoms with Crippen molar-refractivity contribution in [1.82, 2.24) is 5.32 Å². The number of rotatable bonds is 4. The van der Waals surface area contributed by atoms with Crippen LogP contribution in [0.4, 0.5) is 0 Å². The lowest BCUT2D eigenvalue weighted by Gasteiger charge is -2.26. The summed E-state index contributed by atoms with van der Waals surface area (Å²) in [6.07, 6.45) is 2.20. The molecule has 2 aliphatic rings. The second-order valence-electron chi connectivity index (χ2n) is 6.27. The topological polar surface area (TPSA) is 29.1 Å². The van der Waals surface area contributed by atoms with Crippen molar-refractivity contribution in [3.63, 3.8) is 0 Å². The Hall–Kier alpha value is -0.730. The van der Waals surface area contributed by atoms with Gasteiger partial charge in [-0.1, -0.05) is 24.3 Å². The number of carbonyl (C=O) groups excluding carboxylic acids is 1. The average Bonchev–Trinajstić information content (AvgIpc) is 3.22. The van der Waals surface area contributed by atoms with Crippen molar-refractivity contribution in [1.29, 1.82) is 0 Å². The predicted octanol–water partition coefficient (Wildman–Crippen LogP) is 3.31. The summed E-state index contributed by atoms with van der Waals surface area (Å²) >= 11 is 11.8. The maximum Gasteiger partial charge on any atom is 0.224 e. The molecule has 0 saturated heterocycles. The lowest BCUT2D eigenvalue weighted by molar-refractivity contribution is -0.124. The molecule has 0 radical (unpaired) electrons. The molecule has 3 rings (SSSR count).